The number of nitrogens with one attached hydrogen (secondary N) is 1. The molecule has 1 aromatic heterocycles. The van der Waals surface area contributed by atoms with Gasteiger partial charge in [0.05, 0.1) is 23.9 Å². The number of carbonyl (C=O) groups is 2. The summed E-state index contributed by atoms with van der Waals surface area (Å²) < 4.78 is 52.6. The van der Waals surface area contributed by atoms with Crippen LogP contribution in [0.15, 0.2) is 60.8 Å². The van der Waals surface area contributed by atoms with Gasteiger partial charge in [0.25, 0.3) is 11.8 Å². The molecule has 0 spiro atoms. The molecule has 2 aromatic carbocycles. The van der Waals surface area contributed by atoms with Crippen LogP contribution in [0.3, 0.4) is 0 Å². The molecule has 7 nitrogen and oxygen atoms in total. The second kappa shape index (κ2) is 16.0. The van der Waals surface area contributed by atoms with Gasteiger partial charge in [-0.05, 0) is 49.4 Å². The fourth-order valence-corrected chi connectivity index (χ4v) is 5.72. The SMILES string of the molecule is C1CCCC1.CNC1CC(F)(F)C1.N#Cc1ccnc(N2C(=O)CCC2C(=O)N(Cc2ccccc2Cl)c2cc(F)ccc2F)c1. The fourth-order valence-electron chi connectivity index (χ4n) is 5.53. The van der Waals surface area contributed by atoms with E-state index < -0.39 is 29.5 Å². The normalized spacial score (nSPS) is 18.4. The summed E-state index contributed by atoms with van der Waals surface area (Å²) in [5.74, 6) is -4.70. The lowest BCUT2D eigenvalue weighted by molar-refractivity contribution is -0.122. The van der Waals surface area contributed by atoms with Gasteiger partial charge in [-0.15, -0.1) is 0 Å². The number of carbonyl (C=O) groups excluding carboxylic acids is 2. The second-order valence-corrected chi connectivity index (χ2v) is 11.9. The van der Waals surface area contributed by atoms with E-state index in [0.29, 0.717) is 10.6 Å². The molecule has 2 heterocycles. The van der Waals surface area contributed by atoms with Crippen molar-refractivity contribution in [3.8, 4) is 6.07 Å². The smallest absolute Gasteiger partial charge is 0.251 e. The molecule has 3 aliphatic rings. The Labute approximate surface area is 271 Å². The zero-order valence-corrected chi connectivity index (χ0v) is 26.3. The van der Waals surface area contributed by atoms with E-state index in [0.717, 1.165) is 23.1 Å². The summed E-state index contributed by atoms with van der Waals surface area (Å²) in [5.41, 5.74) is 0.532. The van der Waals surface area contributed by atoms with Crippen molar-refractivity contribution in [2.75, 3.05) is 16.8 Å². The molecule has 0 bridgehead atoms. The lowest BCUT2D eigenvalue weighted by atomic mass is 9.88. The number of nitrogens with zero attached hydrogens (tertiary/aromatic N) is 4. The van der Waals surface area contributed by atoms with Crippen molar-refractivity contribution in [1.82, 2.24) is 10.3 Å². The van der Waals surface area contributed by atoms with Crippen LogP contribution in [0.5, 0.6) is 0 Å². The highest BCUT2D eigenvalue weighted by molar-refractivity contribution is 6.31. The zero-order valence-electron chi connectivity index (χ0n) is 25.5. The molecular formula is C34H36ClF4N5O2. The van der Waals surface area contributed by atoms with Crippen molar-refractivity contribution in [3.05, 3.63) is 88.6 Å². The highest BCUT2D eigenvalue weighted by atomic mass is 35.5. The Bertz CT molecular complexity index is 1550. The lowest BCUT2D eigenvalue weighted by Crippen LogP contribution is -2.47. The van der Waals surface area contributed by atoms with Crippen LogP contribution in [-0.4, -0.2) is 41.9 Å². The number of rotatable bonds is 6. The Hall–Kier alpha value is -4.01. The molecule has 0 radical (unpaired) electrons. The van der Waals surface area contributed by atoms with Crippen LogP contribution in [0.4, 0.5) is 29.1 Å². The molecule has 3 fully saturated rings. The van der Waals surface area contributed by atoms with Crippen molar-refractivity contribution in [3.63, 3.8) is 0 Å². The van der Waals surface area contributed by atoms with Gasteiger partial charge in [0, 0.05) is 42.6 Å². The number of aromatic nitrogens is 1. The van der Waals surface area contributed by atoms with E-state index in [1.54, 1.807) is 31.3 Å². The van der Waals surface area contributed by atoms with Gasteiger partial charge in [0.2, 0.25) is 5.91 Å². The summed E-state index contributed by atoms with van der Waals surface area (Å²) >= 11 is 6.26. The van der Waals surface area contributed by atoms with Gasteiger partial charge in [0.1, 0.15) is 23.5 Å². The minimum Gasteiger partial charge on any atom is -0.317 e. The maximum atomic E-state index is 14.7. The molecule has 1 unspecified atom stereocenters. The highest BCUT2D eigenvalue weighted by Gasteiger charge is 2.44. The monoisotopic (exact) mass is 657 g/mol. The molecular weight excluding hydrogens is 622 g/mol. The number of halogens is 5. The molecule has 12 heteroatoms. The van der Waals surface area contributed by atoms with E-state index in [1.807, 2.05) is 6.07 Å². The van der Waals surface area contributed by atoms with E-state index in [4.69, 9.17) is 11.6 Å². The number of alkyl halides is 2. The Morgan fingerprint density at radius 1 is 1.09 bits per heavy atom. The first-order chi connectivity index (χ1) is 22.0. The molecule has 46 heavy (non-hydrogen) atoms. The summed E-state index contributed by atoms with van der Waals surface area (Å²) in [6, 6.07) is 13.5. The third-order valence-electron chi connectivity index (χ3n) is 8.12. The number of nitriles is 1. The third-order valence-corrected chi connectivity index (χ3v) is 8.49. The van der Waals surface area contributed by atoms with E-state index in [-0.39, 0.29) is 61.2 Å². The van der Waals surface area contributed by atoms with Crippen LogP contribution >= 0.6 is 11.6 Å². The van der Waals surface area contributed by atoms with Crippen molar-refractivity contribution in [2.45, 2.75) is 82.3 Å². The molecule has 2 aliphatic carbocycles. The lowest BCUT2D eigenvalue weighted by Gasteiger charge is -2.34. The minimum atomic E-state index is -2.37. The van der Waals surface area contributed by atoms with Gasteiger partial charge in [-0.25, -0.2) is 22.5 Å². The largest absolute Gasteiger partial charge is 0.317 e. The van der Waals surface area contributed by atoms with E-state index in [9.17, 15) is 32.4 Å². The first-order valence-electron chi connectivity index (χ1n) is 15.3. The summed E-state index contributed by atoms with van der Waals surface area (Å²) in [6.45, 7) is -0.136. The molecule has 244 valence electrons. The summed E-state index contributed by atoms with van der Waals surface area (Å²) in [5, 5.41) is 12.3. The Kier molecular flexibility index (Phi) is 12.1. The van der Waals surface area contributed by atoms with Crippen LogP contribution in [0.1, 0.15) is 68.9 Å². The number of anilines is 2. The van der Waals surface area contributed by atoms with E-state index in [1.165, 1.54) is 55.3 Å². The zero-order chi connectivity index (χ0) is 33.3. The summed E-state index contributed by atoms with van der Waals surface area (Å²) in [7, 11) is 1.71. The van der Waals surface area contributed by atoms with Gasteiger partial charge in [0.15, 0.2) is 0 Å². The van der Waals surface area contributed by atoms with Gasteiger partial charge >= 0.3 is 0 Å². The highest BCUT2D eigenvalue weighted by Crippen LogP contribution is 2.37. The van der Waals surface area contributed by atoms with Crippen molar-refractivity contribution in [1.29, 1.82) is 5.26 Å². The average Bonchev–Trinajstić information content (AvgIpc) is 3.75. The molecule has 1 atom stereocenters. The molecule has 1 aliphatic heterocycles. The van der Waals surface area contributed by atoms with Crippen LogP contribution < -0.4 is 15.1 Å². The Morgan fingerprint density at radius 3 is 2.35 bits per heavy atom. The average molecular weight is 658 g/mol. The Balaban J connectivity index is 0.000000304. The third kappa shape index (κ3) is 9.04. The molecule has 6 rings (SSSR count). The topological polar surface area (TPSA) is 89.3 Å². The first-order valence-corrected chi connectivity index (χ1v) is 15.6. The molecule has 2 saturated carbocycles. The number of hydrogen-bond acceptors (Lipinski definition) is 5. The molecule has 3 aromatic rings. The number of amides is 2. The van der Waals surface area contributed by atoms with Crippen LogP contribution in [-0.2, 0) is 16.1 Å². The Morgan fingerprint density at radius 2 is 1.76 bits per heavy atom. The first kappa shape index (κ1) is 34.9. The van der Waals surface area contributed by atoms with Gasteiger partial charge in [-0.2, -0.15) is 5.26 Å². The quantitative estimate of drug-likeness (QED) is 0.276. The van der Waals surface area contributed by atoms with E-state index >= 15 is 0 Å². The molecule has 2 amide bonds. The second-order valence-electron chi connectivity index (χ2n) is 11.5. The van der Waals surface area contributed by atoms with Gasteiger partial charge in [-0.3, -0.25) is 14.5 Å². The van der Waals surface area contributed by atoms with E-state index in [2.05, 4.69) is 10.3 Å². The van der Waals surface area contributed by atoms with Crippen molar-refractivity contribution < 1.29 is 27.2 Å². The minimum absolute atomic E-state index is 0.0174. The molecule has 1 saturated heterocycles. The summed E-state index contributed by atoms with van der Waals surface area (Å²) in [4.78, 5) is 32.8. The van der Waals surface area contributed by atoms with Crippen LogP contribution in [0.25, 0.3) is 0 Å². The number of benzene rings is 2. The maximum Gasteiger partial charge on any atom is 0.251 e. The van der Waals surface area contributed by atoms with Crippen LogP contribution in [0.2, 0.25) is 5.02 Å². The maximum absolute atomic E-state index is 14.7. The predicted molar refractivity (Wildman–Crippen MR) is 169 cm³/mol. The number of hydrogen-bond donors (Lipinski definition) is 1. The van der Waals surface area contributed by atoms with Gasteiger partial charge in [-0.1, -0.05) is 61.9 Å². The van der Waals surface area contributed by atoms with Crippen LogP contribution in [0, 0.1) is 23.0 Å². The standard InChI is InChI=1S/C24H17ClF2N4O2.C5H9F2N.C5H10/c25-18-4-2-1-3-16(18)14-30(21-12-17(26)5-6-19(21)27)24(33)20-7-8-23(32)31(20)22-11-15(13-28)9-10-29-22;1-8-4-2-5(6,7)3-4;1-2-4-5-3-1/h1-6,9-12,20H,7-8,14H2;4,8H,2-3H2,1H3;1-5H2. The predicted octanol–water partition coefficient (Wildman–Crippen LogP) is 7.57. The van der Waals surface area contributed by atoms with Gasteiger partial charge < -0.3 is 10.2 Å². The van der Waals surface area contributed by atoms with Crippen molar-refractivity contribution in [2.24, 2.45) is 0 Å². The fraction of sp³-hybridized carbons (Fsp3) is 0.412. The summed E-state index contributed by atoms with van der Waals surface area (Å²) in [6.07, 6.45) is 9.13. The van der Waals surface area contributed by atoms with Crippen molar-refractivity contribution >= 4 is 34.9 Å². The number of pyridine rings is 1. The molecule has 1 N–H and O–H groups in total.